The molecule has 0 saturated heterocycles. The molecule has 0 radical (unpaired) electrons. The Labute approximate surface area is 113 Å². The Hall–Kier alpha value is -1.88. The van der Waals surface area contributed by atoms with Crippen molar-refractivity contribution in [3.8, 4) is 0 Å². The van der Waals surface area contributed by atoms with Crippen LogP contribution < -0.4 is 5.32 Å². The zero-order valence-electron chi connectivity index (χ0n) is 11.2. The van der Waals surface area contributed by atoms with E-state index in [2.05, 4.69) is 19.9 Å². The van der Waals surface area contributed by atoms with Gasteiger partial charge in [-0.15, -0.1) is 0 Å². The van der Waals surface area contributed by atoms with Gasteiger partial charge in [0.2, 0.25) is 5.95 Å². The Morgan fingerprint density at radius 1 is 1.26 bits per heavy atom. The molecule has 0 aliphatic carbocycles. The van der Waals surface area contributed by atoms with Gasteiger partial charge in [0.15, 0.2) is 0 Å². The van der Waals surface area contributed by atoms with Crippen LogP contribution in [0.2, 0.25) is 0 Å². The van der Waals surface area contributed by atoms with E-state index in [9.17, 15) is 0 Å². The summed E-state index contributed by atoms with van der Waals surface area (Å²) in [6.07, 6.45) is 6.54. The van der Waals surface area contributed by atoms with Gasteiger partial charge in [0.25, 0.3) is 0 Å². The quantitative estimate of drug-likeness (QED) is 0.739. The second kappa shape index (κ2) is 7.53. The molecule has 0 bridgehead atoms. The van der Waals surface area contributed by atoms with Crippen molar-refractivity contribution < 1.29 is 4.74 Å². The maximum Gasteiger partial charge on any atom is 0.203 e. The number of imidazole rings is 1. The maximum atomic E-state index is 5.30. The van der Waals surface area contributed by atoms with Crippen LogP contribution in [0.15, 0.2) is 36.8 Å². The Morgan fingerprint density at radius 3 is 3.00 bits per heavy atom. The van der Waals surface area contributed by atoms with Crippen LogP contribution in [0.1, 0.15) is 19.0 Å². The van der Waals surface area contributed by atoms with E-state index in [0.29, 0.717) is 0 Å². The summed E-state index contributed by atoms with van der Waals surface area (Å²) < 4.78 is 7.36. The van der Waals surface area contributed by atoms with Gasteiger partial charge in [-0.2, -0.15) is 0 Å². The number of anilines is 1. The standard InChI is InChI=1S/C14H20N4O/c1-2-19-11-5-8-16-14-17-9-10-18(14)12-13-6-3-4-7-15-13/h3-4,6-7,9-10H,2,5,8,11-12H2,1H3,(H,16,17). The number of aromatic nitrogens is 3. The average Bonchev–Trinajstić information content (AvgIpc) is 2.87. The number of nitrogens with zero attached hydrogens (tertiary/aromatic N) is 3. The van der Waals surface area contributed by atoms with Crippen molar-refractivity contribution in [3.63, 3.8) is 0 Å². The number of ether oxygens (including phenoxy) is 1. The van der Waals surface area contributed by atoms with Crippen LogP contribution in [-0.4, -0.2) is 34.3 Å². The summed E-state index contributed by atoms with van der Waals surface area (Å²) in [6, 6.07) is 5.93. The Kier molecular flexibility index (Phi) is 5.37. The van der Waals surface area contributed by atoms with Gasteiger partial charge in [-0.05, 0) is 25.5 Å². The highest BCUT2D eigenvalue weighted by Crippen LogP contribution is 2.07. The molecule has 0 spiro atoms. The van der Waals surface area contributed by atoms with Crippen molar-refractivity contribution in [2.75, 3.05) is 25.1 Å². The van der Waals surface area contributed by atoms with Crippen molar-refractivity contribution >= 4 is 5.95 Å². The summed E-state index contributed by atoms with van der Waals surface area (Å²) in [7, 11) is 0. The van der Waals surface area contributed by atoms with E-state index in [0.717, 1.165) is 44.4 Å². The molecule has 0 amide bonds. The molecular weight excluding hydrogens is 240 g/mol. The molecule has 2 aromatic rings. The highest BCUT2D eigenvalue weighted by molar-refractivity contribution is 5.26. The van der Waals surface area contributed by atoms with Crippen LogP contribution in [-0.2, 0) is 11.3 Å². The lowest BCUT2D eigenvalue weighted by Gasteiger charge is -2.09. The van der Waals surface area contributed by atoms with E-state index < -0.39 is 0 Å². The summed E-state index contributed by atoms with van der Waals surface area (Å²) in [5, 5.41) is 3.32. The van der Waals surface area contributed by atoms with Gasteiger partial charge in [0, 0.05) is 38.3 Å². The molecule has 0 saturated carbocycles. The molecule has 0 atom stereocenters. The topological polar surface area (TPSA) is 52.0 Å². The highest BCUT2D eigenvalue weighted by atomic mass is 16.5. The van der Waals surface area contributed by atoms with Gasteiger partial charge in [0.05, 0.1) is 12.2 Å². The third-order valence-electron chi connectivity index (χ3n) is 2.73. The fraction of sp³-hybridized carbons (Fsp3) is 0.429. The van der Waals surface area contributed by atoms with E-state index in [1.54, 1.807) is 12.4 Å². The van der Waals surface area contributed by atoms with Gasteiger partial charge >= 0.3 is 0 Å². The van der Waals surface area contributed by atoms with Gasteiger partial charge in [-0.25, -0.2) is 4.98 Å². The first-order valence-corrected chi connectivity index (χ1v) is 6.63. The van der Waals surface area contributed by atoms with Gasteiger partial charge in [0.1, 0.15) is 0 Å². The first kappa shape index (κ1) is 13.5. The molecule has 2 rings (SSSR count). The van der Waals surface area contributed by atoms with Crippen molar-refractivity contribution in [2.45, 2.75) is 19.9 Å². The van der Waals surface area contributed by atoms with Crippen molar-refractivity contribution in [3.05, 3.63) is 42.5 Å². The van der Waals surface area contributed by atoms with Gasteiger partial charge in [-0.1, -0.05) is 6.07 Å². The second-order valence-corrected chi connectivity index (χ2v) is 4.18. The predicted molar refractivity (Wildman–Crippen MR) is 75.2 cm³/mol. The van der Waals surface area contributed by atoms with E-state index in [4.69, 9.17) is 4.74 Å². The number of nitrogens with one attached hydrogen (secondary N) is 1. The summed E-state index contributed by atoms with van der Waals surface area (Å²) >= 11 is 0. The first-order chi connectivity index (χ1) is 9.40. The lowest BCUT2D eigenvalue weighted by atomic mass is 10.3. The van der Waals surface area contributed by atoms with Crippen molar-refractivity contribution in [2.24, 2.45) is 0 Å². The van der Waals surface area contributed by atoms with E-state index in [1.165, 1.54) is 0 Å². The van der Waals surface area contributed by atoms with Crippen LogP contribution in [0.25, 0.3) is 0 Å². The fourth-order valence-corrected chi connectivity index (χ4v) is 1.79. The summed E-state index contributed by atoms with van der Waals surface area (Å²) in [5.74, 6) is 0.877. The van der Waals surface area contributed by atoms with Crippen molar-refractivity contribution in [1.82, 2.24) is 14.5 Å². The molecular formula is C14H20N4O. The van der Waals surface area contributed by atoms with Crippen LogP contribution in [0.3, 0.4) is 0 Å². The number of rotatable bonds is 8. The third kappa shape index (κ3) is 4.37. The smallest absolute Gasteiger partial charge is 0.203 e. The molecule has 0 aromatic carbocycles. The number of hydrogen-bond donors (Lipinski definition) is 1. The summed E-state index contributed by atoms with van der Waals surface area (Å²) in [4.78, 5) is 8.63. The van der Waals surface area contributed by atoms with Crippen molar-refractivity contribution in [1.29, 1.82) is 0 Å². The Balaban J connectivity index is 1.84. The van der Waals surface area contributed by atoms with Gasteiger partial charge in [-0.3, -0.25) is 4.98 Å². The third-order valence-corrected chi connectivity index (χ3v) is 2.73. The zero-order valence-corrected chi connectivity index (χ0v) is 11.2. The molecule has 1 N–H and O–H groups in total. The highest BCUT2D eigenvalue weighted by Gasteiger charge is 2.03. The van der Waals surface area contributed by atoms with E-state index >= 15 is 0 Å². The molecule has 2 aromatic heterocycles. The van der Waals surface area contributed by atoms with Crippen LogP contribution >= 0.6 is 0 Å². The Morgan fingerprint density at radius 2 is 2.21 bits per heavy atom. The molecule has 19 heavy (non-hydrogen) atoms. The molecule has 0 unspecified atom stereocenters. The maximum absolute atomic E-state index is 5.30. The summed E-state index contributed by atoms with van der Waals surface area (Å²) in [6.45, 7) is 5.15. The molecule has 5 nitrogen and oxygen atoms in total. The van der Waals surface area contributed by atoms with Gasteiger partial charge < -0.3 is 14.6 Å². The lowest BCUT2D eigenvalue weighted by molar-refractivity contribution is 0.147. The van der Waals surface area contributed by atoms with Crippen LogP contribution in [0.5, 0.6) is 0 Å². The minimum absolute atomic E-state index is 0.731. The monoisotopic (exact) mass is 260 g/mol. The molecule has 0 aliphatic heterocycles. The van der Waals surface area contributed by atoms with Crippen LogP contribution in [0.4, 0.5) is 5.95 Å². The molecule has 102 valence electrons. The molecule has 2 heterocycles. The second-order valence-electron chi connectivity index (χ2n) is 4.18. The first-order valence-electron chi connectivity index (χ1n) is 6.63. The number of pyridine rings is 1. The SMILES string of the molecule is CCOCCCNc1nccn1Cc1ccccn1. The van der Waals surface area contributed by atoms with E-state index in [1.807, 2.05) is 31.3 Å². The minimum atomic E-state index is 0.731. The summed E-state index contributed by atoms with van der Waals surface area (Å²) in [5.41, 5.74) is 1.03. The minimum Gasteiger partial charge on any atom is -0.382 e. The fourth-order valence-electron chi connectivity index (χ4n) is 1.79. The molecule has 0 aliphatic rings. The molecule has 5 heteroatoms. The zero-order chi connectivity index (χ0) is 13.3. The normalized spacial score (nSPS) is 10.6. The predicted octanol–water partition coefficient (Wildman–Crippen LogP) is 2.16. The van der Waals surface area contributed by atoms with Crippen LogP contribution in [0, 0.1) is 0 Å². The van der Waals surface area contributed by atoms with E-state index in [-0.39, 0.29) is 0 Å². The lowest BCUT2D eigenvalue weighted by Crippen LogP contribution is -2.11. The average molecular weight is 260 g/mol. The largest absolute Gasteiger partial charge is 0.382 e. The Bertz CT molecular complexity index is 469. The molecule has 0 fully saturated rings. The number of hydrogen-bond acceptors (Lipinski definition) is 4.